The van der Waals surface area contributed by atoms with Crippen LogP contribution in [-0.2, 0) is 0 Å². The molecule has 1 aromatic rings. The highest BCUT2D eigenvalue weighted by atomic mass is 32.1. The lowest BCUT2D eigenvalue weighted by atomic mass is 9.81. The first-order valence-electron chi connectivity index (χ1n) is 7.29. The number of aryl methyl sites for hydroxylation is 1. The van der Waals surface area contributed by atoms with Gasteiger partial charge in [-0.15, -0.1) is 11.3 Å². The number of hydrogen-bond donors (Lipinski definition) is 2. The number of nitrogens with one attached hydrogen (secondary N) is 2. The normalized spacial score (nSPS) is 20.2. The van der Waals surface area contributed by atoms with Crippen molar-refractivity contribution in [3.63, 3.8) is 0 Å². The Morgan fingerprint density at radius 1 is 1.24 bits per heavy atom. The fourth-order valence-electron chi connectivity index (χ4n) is 3.09. The van der Waals surface area contributed by atoms with Gasteiger partial charge < -0.3 is 5.32 Å². The maximum atomic E-state index is 12.2. The third-order valence-electron chi connectivity index (χ3n) is 3.81. The second-order valence-electron chi connectivity index (χ2n) is 7.20. The van der Waals surface area contributed by atoms with Gasteiger partial charge in [-0.05, 0) is 47.1 Å². The summed E-state index contributed by atoms with van der Waals surface area (Å²) in [6.45, 7) is 12.7. The summed E-state index contributed by atoms with van der Waals surface area (Å²) < 4.78 is 0. The van der Waals surface area contributed by atoms with Gasteiger partial charge in [-0.3, -0.25) is 4.79 Å². The first-order chi connectivity index (χ1) is 9.60. The monoisotopic (exact) mass is 307 g/mol. The highest BCUT2D eigenvalue weighted by Gasteiger charge is 2.35. The smallest absolute Gasteiger partial charge is 0.272 e. The van der Waals surface area contributed by atoms with E-state index >= 15 is 0 Å². The summed E-state index contributed by atoms with van der Waals surface area (Å²) in [6, 6.07) is 0. The Kier molecular flexibility index (Phi) is 4.26. The largest absolute Gasteiger partial charge is 0.306 e. The number of carbonyl (C=O) groups excluding carboxylic acids is 1. The second kappa shape index (κ2) is 5.54. The zero-order valence-electron chi connectivity index (χ0n) is 13.8. The number of hydrazone groups is 1. The van der Waals surface area contributed by atoms with Crippen LogP contribution in [0.25, 0.3) is 0 Å². The number of nitrogens with zero attached hydrogens (tertiary/aromatic N) is 1. The van der Waals surface area contributed by atoms with Crippen LogP contribution in [0.5, 0.6) is 0 Å². The molecule has 0 radical (unpaired) electrons. The lowest BCUT2D eigenvalue weighted by Gasteiger charge is -2.43. The fraction of sp³-hybridized carbons (Fsp3) is 0.625. The fourth-order valence-corrected chi connectivity index (χ4v) is 3.96. The SMILES string of the molecule is Cc1scc(C(=O)NN=C2CC(C)(C)NC(C)(C)C2)c1C. The maximum Gasteiger partial charge on any atom is 0.272 e. The van der Waals surface area contributed by atoms with Crippen molar-refractivity contribution >= 4 is 23.0 Å². The first kappa shape index (κ1) is 16.2. The van der Waals surface area contributed by atoms with Gasteiger partial charge in [-0.25, -0.2) is 5.43 Å². The van der Waals surface area contributed by atoms with E-state index in [1.807, 2.05) is 19.2 Å². The maximum absolute atomic E-state index is 12.2. The minimum atomic E-state index is -0.113. The van der Waals surface area contributed by atoms with E-state index < -0.39 is 0 Å². The summed E-state index contributed by atoms with van der Waals surface area (Å²) in [7, 11) is 0. The molecule has 2 heterocycles. The van der Waals surface area contributed by atoms with Crippen molar-refractivity contribution in [3.8, 4) is 0 Å². The molecule has 21 heavy (non-hydrogen) atoms. The molecule has 4 nitrogen and oxygen atoms in total. The van der Waals surface area contributed by atoms with Gasteiger partial charge in [0.1, 0.15) is 0 Å². The molecule has 1 fully saturated rings. The quantitative estimate of drug-likeness (QED) is 0.823. The lowest BCUT2D eigenvalue weighted by Crippen LogP contribution is -2.58. The molecule has 1 aliphatic rings. The van der Waals surface area contributed by atoms with E-state index in [1.54, 1.807) is 11.3 Å². The van der Waals surface area contributed by atoms with E-state index in [0.29, 0.717) is 0 Å². The predicted octanol–water partition coefficient (Wildman–Crippen LogP) is 3.39. The van der Waals surface area contributed by atoms with Gasteiger partial charge in [0.05, 0.1) is 5.56 Å². The molecule has 0 saturated carbocycles. The highest BCUT2D eigenvalue weighted by Crippen LogP contribution is 2.26. The van der Waals surface area contributed by atoms with Gasteiger partial charge in [0.25, 0.3) is 5.91 Å². The molecule has 5 heteroatoms. The standard InChI is InChI=1S/C16H25N3OS/c1-10-11(2)21-9-13(10)14(20)18-17-12-7-15(3,4)19-16(5,6)8-12/h9,19H,7-8H2,1-6H3,(H,18,20). The average Bonchev–Trinajstić information content (AvgIpc) is 2.63. The molecule has 0 aromatic carbocycles. The molecular weight excluding hydrogens is 282 g/mol. The summed E-state index contributed by atoms with van der Waals surface area (Å²) in [5, 5.41) is 9.88. The van der Waals surface area contributed by atoms with E-state index in [2.05, 4.69) is 43.5 Å². The van der Waals surface area contributed by atoms with Crippen LogP contribution in [0, 0.1) is 13.8 Å². The van der Waals surface area contributed by atoms with Crippen LogP contribution in [0.15, 0.2) is 10.5 Å². The molecule has 1 saturated heterocycles. The number of hydrogen-bond acceptors (Lipinski definition) is 4. The summed E-state index contributed by atoms with van der Waals surface area (Å²) in [4.78, 5) is 13.4. The van der Waals surface area contributed by atoms with E-state index in [1.165, 1.54) is 4.88 Å². The van der Waals surface area contributed by atoms with Crippen molar-refractivity contribution < 1.29 is 4.79 Å². The Morgan fingerprint density at radius 3 is 2.29 bits per heavy atom. The van der Waals surface area contributed by atoms with Crippen molar-refractivity contribution in [2.75, 3.05) is 0 Å². The van der Waals surface area contributed by atoms with Crippen molar-refractivity contribution in [3.05, 3.63) is 21.4 Å². The molecule has 0 bridgehead atoms. The average molecular weight is 307 g/mol. The van der Waals surface area contributed by atoms with Gasteiger partial charge in [0.15, 0.2) is 0 Å². The number of piperidine rings is 1. The Balaban J connectivity index is 2.10. The van der Waals surface area contributed by atoms with Crippen LogP contribution < -0.4 is 10.7 Å². The van der Waals surface area contributed by atoms with Crippen LogP contribution >= 0.6 is 11.3 Å². The lowest BCUT2D eigenvalue weighted by molar-refractivity contribution is 0.0953. The third kappa shape index (κ3) is 3.92. The number of amides is 1. The Morgan fingerprint density at radius 2 is 1.81 bits per heavy atom. The van der Waals surface area contributed by atoms with Crippen molar-refractivity contribution in [2.24, 2.45) is 5.10 Å². The minimum Gasteiger partial charge on any atom is -0.306 e. The second-order valence-corrected chi connectivity index (χ2v) is 8.28. The van der Waals surface area contributed by atoms with E-state index in [-0.39, 0.29) is 17.0 Å². The summed E-state index contributed by atoms with van der Waals surface area (Å²) in [6.07, 6.45) is 1.69. The van der Waals surface area contributed by atoms with Crippen LogP contribution in [0.2, 0.25) is 0 Å². The molecule has 116 valence electrons. The molecule has 0 atom stereocenters. The zero-order chi connectivity index (χ0) is 15.8. The molecule has 0 spiro atoms. The Labute approximate surface area is 131 Å². The molecular formula is C16H25N3OS. The van der Waals surface area contributed by atoms with Gasteiger partial charge in [-0.1, -0.05) is 0 Å². The van der Waals surface area contributed by atoms with Gasteiger partial charge >= 0.3 is 0 Å². The first-order valence-corrected chi connectivity index (χ1v) is 8.17. The summed E-state index contributed by atoms with van der Waals surface area (Å²) in [5.74, 6) is -0.113. The Bertz CT molecular complexity index is 566. The highest BCUT2D eigenvalue weighted by molar-refractivity contribution is 7.10. The minimum absolute atomic E-state index is 0.000195. The molecule has 2 N–H and O–H groups in total. The molecule has 1 aromatic heterocycles. The van der Waals surface area contributed by atoms with Crippen molar-refractivity contribution in [1.82, 2.24) is 10.7 Å². The molecule has 1 aliphatic heterocycles. The van der Waals surface area contributed by atoms with Crippen LogP contribution in [0.1, 0.15) is 61.3 Å². The summed E-state index contributed by atoms with van der Waals surface area (Å²) in [5.41, 5.74) is 5.55. The van der Waals surface area contributed by atoms with Gasteiger partial charge in [0, 0.05) is 39.9 Å². The summed E-state index contributed by atoms with van der Waals surface area (Å²) >= 11 is 1.60. The number of thiophene rings is 1. The number of carbonyl (C=O) groups is 1. The third-order valence-corrected chi connectivity index (χ3v) is 4.83. The zero-order valence-corrected chi connectivity index (χ0v) is 14.6. The van der Waals surface area contributed by atoms with Gasteiger partial charge in [0.2, 0.25) is 0 Å². The van der Waals surface area contributed by atoms with Gasteiger partial charge in [-0.2, -0.15) is 5.10 Å². The van der Waals surface area contributed by atoms with Crippen LogP contribution in [0.3, 0.4) is 0 Å². The molecule has 1 amide bonds. The molecule has 0 aliphatic carbocycles. The van der Waals surface area contributed by atoms with E-state index in [9.17, 15) is 4.79 Å². The topological polar surface area (TPSA) is 53.5 Å². The van der Waals surface area contributed by atoms with Crippen molar-refractivity contribution in [2.45, 2.75) is 65.5 Å². The predicted molar refractivity (Wildman–Crippen MR) is 89.2 cm³/mol. The van der Waals surface area contributed by atoms with Crippen LogP contribution in [-0.4, -0.2) is 22.7 Å². The Hall–Kier alpha value is -1.20. The van der Waals surface area contributed by atoms with Crippen LogP contribution in [0.4, 0.5) is 0 Å². The molecule has 2 rings (SSSR count). The molecule has 0 unspecified atom stereocenters. The van der Waals surface area contributed by atoms with E-state index in [0.717, 1.165) is 29.7 Å². The van der Waals surface area contributed by atoms with Crippen molar-refractivity contribution in [1.29, 1.82) is 0 Å². The van der Waals surface area contributed by atoms with E-state index in [4.69, 9.17) is 0 Å². The number of rotatable bonds is 2.